The van der Waals surface area contributed by atoms with Crippen molar-refractivity contribution in [2.45, 2.75) is 18.5 Å². The lowest BCUT2D eigenvalue weighted by atomic mass is 10.1. The van der Waals surface area contributed by atoms with Crippen LogP contribution < -0.4 is 0 Å². The Labute approximate surface area is 163 Å². The summed E-state index contributed by atoms with van der Waals surface area (Å²) in [5, 5.41) is 1.31. The third-order valence-electron chi connectivity index (χ3n) is 3.51. The molecular formula is C17H9F6N3O2S. The zero-order valence-corrected chi connectivity index (χ0v) is 14.8. The molecule has 0 unspecified atom stereocenters. The Balaban J connectivity index is 1.87. The highest BCUT2D eigenvalue weighted by molar-refractivity contribution is 7.13. The van der Waals surface area contributed by atoms with E-state index in [1.165, 1.54) is 18.5 Å². The predicted molar refractivity (Wildman–Crippen MR) is 88.8 cm³/mol. The van der Waals surface area contributed by atoms with E-state index in [1.807, 2.05) is 0 Å². The van der Waals surface area contributed by atoms with Gasteiger partial charge < -0.3 is 4.74 Å². The Morgan fingerprint density at radius 3 is 2.34 bits per heavy atom. The number of esters is 1. The van der Waals surface area contributed by atoms with Gasteiger partial charge in [0.1, 0.15) is 0 Å². The average Bonchev–Trinajstić information content (AvgIpc) is 3.15. The molecule has 5 nitrogen and oxygen atoms in total. The molecular weight excluding hydrogens is 424 g/mol. The maximum Gasteiger partial charge on any atom is 0.429 e. The molecule has 0 aliphatic heterocycles. The minimum absolute atomic E-state index is 0.154. The van der Waals surface area contributed by atoms with Gasteiger partial charge in [0.15, 0.2) is 16.5 Å². The predicted octanol–water partition coefficient (Wildman–Crippen LogP) is 5.08. The van der Waals surface area contributed by atoms with E-state index in [0.29, 0.717) is 6.07 Å². The zero-order chi connectivity index (χ0) is 21.2. The number of ether oxygens (including phenoxy) is 1. The first-order valence-electron chi connectivity index (χ1n) is 7.73. The third-order valence-corrected chi connectivity index (χ3v) is 4.35. The van der Waals surface area contributed by atoms with Gasteiger partial charge in [0.2, 0.25) is 6.10 Å². The van der Waals surface area contributed by atoms with Gasteiger partial charge in [0.25, 0.3) is 0 Å². The molecule has 0 aliphatic rings. The fourth-order valence-corrected chi connectivity index (χ4v) is 2.98. The number of hydrogen-bond acceptors (Lipinski definition) is 6. The van der Waals surface area contributed by atoms with Gasteiger partial charge in [0, 0.05) is 23.3 Å². The summed E-state index contributed by atoms with van der Waals surface area (Å²) in [6.45, 7) is 0. The summed E-state index contributed by atoms with van der Waals surface area (Å²) in [6.07, 6.45) is -10.1. The monoisotopic (exact) mass is 433 g/mol. The molecule has 1 aromatic carbocycles. The topological polar surface area (TPSA) is 65.0 Å². The normalized spacial score (nSPS) is 13.2. The quantitative estimate of drug-likeness (QED) is 0.424. The number of nitrogens with zero attached hydrogens (tertiary/aromatic N) is 3. The van der Waals surface area contributed by atoms with E-state index in [-0.39, 0.29) is 16.9 Å². The van der Waals surface area contributed by atoms with Crippen LogP contribution in [0.15, 0.2) is 48.1 Å². The molecule has 0 saturated carbocycles. The Kier molecular flexibility index (Phi) is 5.55. The number of aromatic nitrogens is 3. The van der Waals surface area contributed by atoms with Crippen LogP contribution in [0, 0.1) is 0 Å². The molecule has 0 radical (unpaired) electrons. The van der Waals surface area contributed by atoms with Crippen molar-refractivity contribution in [3.05, 3.63) is 64.9 Å². The van der Waals surface area contributed by atoms with Crippen LogP contribution in [0.25, 0.3) is 10.8 Å². The zero-order valence-electron chi connectivity index (χ0n) is 14.0. The Morgan fingerprint density at radius 2 is 1.72 bits per heavy atom. The minimum atomic E-state index is -5.14. The van der Waals surface area contributed by atoms with Crippen molar-refractivity contribution >= 4 is 17.3 Å². The largest absolute Gasteiger partial charge is 0.443 e. The molecule has 12 heteroatoms. The van der Waals surface area contributed by atoms with Crippen LogP contribution in [0.2, 0.25) is 0 Å². The van der Waals surface area contributed by atoms with Crippen molar-refractivity contribution in [1.29, 1.82) is 0 Å². The highest BCUT2D eigenvalue weighted by Crippen LogP contribution is 2.39. The molecule has 0 aliphatic carbocycles. The summed E-state index contributed by atoms with van der Waals surface area (Å²) >= 11 is 0.900. The van der Waals surface area contributed by atoms with Gasteiger partial charge >= 0.3 is 18.3 Å². The van der Waals surface area contributed by atoms with Crippen LogP contribution in [0.3, 0.4) is 0 Å². The van der Waals surface area contributed by atoms with E-state index in [0.717, 1.165) is 28.8 Å². The Bertz CT molecular complexity index is 1000. The van der Waals surface area contributed by atoms with Gasteiger partial charge in [-0.15, -0.1) is 11.3 Å². The summed E-state index contributed by atoms with van der Waals surface area (Å²) in [7, 11) is 0. The molecule has 3 rings (SSSR count). The number of carbonyl (C=O) groups is 1. The van der Waals surface area contributed by atoms with Crippen LogP contribution in [-0.4, -0.2) is 27.1 Å². The lowest BCUT2D eigenvalue weighted by Crippen LogP contribution is -2.26. The number of benzene rings is 1. The molecule has 2 aromatic heterocycles. The number of hydrogen-bond donors (Lipinski definition) is 0. The fraction of sp³-hybridized carbons (Fsp3) is 0.176. The van der Waals surface area contributed by atoms with Gasteiger partial charge in [-0.25, -0.2) is 19.7 Å². The maximum atomic E-state index is 13.4. The lowest BCUT2D eigenvalue weighted by Gasteiger charge is -2.21. The second kappa shape index (κ2) is 7.78. The molecule has 2 heterocycles. The Morgan fingerprint density at radius 1 is 1.03 bits per heavy atom. The number of carbonyl (C=O) groups excluding carboxylic acids is 1. The molecule has 0 spiro atoms. The van der Waals surface area contributed by atoms with Crippen molar-refractivity contribution in [3.8, 4) is 10.8 Å². The van der Waals surface area contributed by atoms with Gasteiger partial charge in [-0.3, -0.25) is 0 Å². The molecule has 29 heavy (non-hydrogen) atoms. The second-order valence-corrected chi connectivity index (χ2v) is 6.42. The van der Waals surface area contributed by atoms with Crippen molar-refractivity contribution in [2.24, 2.45) is 0 Å². The fourth-order valence-electron chi connectivity index (χ4n) is 2.25. The standard InChI is InChI=1S/C17H9F6N3O2S/c18-16(19,20)10-4-1-3-9(7-10)12(17(21,22)23)28-15(27)11-8-29-14(26-11)13-24-5-2-6-25-13/h1-8,12H/t12-/m0/s1. The van der Waals surface area contributed by atoms with E-state index in [2.05, 4.69) is 19.7 Å². The smallest absolute Gasteiger partial charge is 0.429 e. The van der Waals surface area contributed by atoms with Gasteiger partial charge in [-0.1, -0.05) is 12.1 Å². The number of rotatable bonds is 4. The Hall–Kier alpha value is -3.02. The number of alkyl halides is 6. The van der Waals surface area contributed by atoms with E-state index < -0.39 is 41.2 Å². The molecule has 0 amide bonds. The van der Waals surface area contributed by atoms with E-state index in [1.54, 1.807) is 0 Å². The highest BCUT2D eigenvalue weighted by atomic mass is 32.1. The van der Waals surface area contributed by atoms with Gasteiger partial charge in [0.05, 0.1) is 5.56 Å². The summed E-state index contributed by atoms with van der Waals surface area (Å²) < 4.78 is 83.1. The third kappa shape index (κ3) is 4.88. The van der Waals surface area contributed by atoms with Gasteiger partial charge in [-0.05, 0) is 18.2 Å². The second-order valence-electron chi connectivity index (χ2n) is 5.56. The molecule has 152 valence electrons. The molecule has 0 fully saturated rings. The maximum absolute atomic E-state index is 13.4. The van der Waals surface area contributed by atoms with E-state index >= 15 is 0 Å². The summed E-state index contributed by atoms with van der Waals surface area (Å²) in [5.41, 5.74) is -2.60. The van der Waals surface area contributed by atoms with Crippen LogP contribution in [-0.2, 0) is 10.9 Å². The molecule has 3 aromatic rings. The van der Waals surface area contributed by atoms with Crippen LogP contribution in [0.4, 0.5) is 26.3 Å². The van der Waals surface area contributed by atoms with Crippen LogP contribution in [0.1, 0.15) is 27.7 Å². The molecule has 0 bridgehead atoms. The number of halogens is 6. The van der Waals surface area contributed by atoms with Crippen molar-refractivity contribution in [2.75, 3.05) is 0 Å². The number of thiazole rings is 1. The first-order chi connectivity index (χ1) is 13.6. The van der Waals surface area contributed by atoms with Crippen LogP contribution >= 0.6 is 11.3 Å². The lowest BCUT2D eigenvalue weighted by molar-refractivity contribution is -0.207. The summed E-state index contributed by atoms with van der Waals surface area (Å²) in [6, 6.07) is 4.04. The van der Waals surface area contributed by atoms with Crippen molar-refractivity contribution in [3.63, 3.8) is 0 Å². The molecule has 1 atom stereocenters. The summed E-state index contributed by atoms with van der Waals surface area (Å²) in [4.78, 5) is 23.8. The SMILES string of the molecule is O=C(O[C@@H](c1cccc(C(F)(F)F)c1)C(F)(F)F)c1csc(-c2ncccn2)n1. The van der Waals surface area contributed by atoms with Crippen LogP contribution in [0.5, 0.6) is 0 Å². The molecule has 0 N–H and O–H groups in total. The van der Waals surface area contributed by atoms with Crippen molar-refractivity contribution in [1.82, 2.24) is 15.0 Å². The van der Waals surface area contributed by atoms with Crippen molar-refractivity contribution < 1.29 is 35.9 Å². The van der Waals surface area contributed by atoms with Gasteiger partial charge in [-0.2, -0.15) is 26.3 Å². The van der Waals surface area contributed by atoms with E-state index in [4.69, 9.17) is 0 Å². The highest BCUT2D eigenvalue weighted by Gasteiger charge is 2.45. The van der Waals surface area contributed by atoms with E-state index in [9.17, 15) is 31.1 Å². The average molecular weight is 433 g/mol. The minimum Gasteiger partial charge on any atom is -0.443 e. The first-order valence-corrected chi connectivity index (χ1v) is 8.61. The first kappa shape index (κ1) is 20.7. The molecule has 0 saturated heterocycles. The summed E-state index contributed by atoms with van der Waals surface area (Å²) in [5.74, 6) is -1.29.